The molecule has 6 heteroatoms. The van der Waals surface area contributed by atoms with E-state index in [2.05, 4.69) is 4.98 Å². The normalized spacial score (nSPS) is 16.7. The summed E-state index contributed by atoms with van der Waals surface area (Å²) in [4.78, 5) is 4.15. The van der Waals surface area contributed by atoms with Crippen LogP contribution in [0.4, 0.5) is 0 Å². The molecule has 0 spiro atoms. The summed E-state index contributed by atoms with van der Waals surface area (Å²) in [5.41, 5.74) is 1.63. The molecule has 0 aliphatic heterocycles. The second-order valence-corrected chi connectivity index (χ2v) is 4.19. The van der Waals surface area contributed by atoms with Gasteiger partial charge in [-0.15, -0.1) is 0 Å². The molecule has 1 aromatic heterocycles. The van der Waals surface area contributed by atoms with Gasteiger partial charge in [-0.1, -0.05) is 12.1 Å². The second kappa shape index (κ2) is 5.45. The molecule has 0 aliphatic rings. The van der Waals surface area contributed by atoms with Gasteiger partial charge in [-0.25, -0.2) is 4.98 Å². The molecule has 0 saturated heterocycles. The Morgan fingerprint density at radius 2 is 1.83 bits per heavy atom. The second-order valence-electron chi connectivity index (χ2n) is 4.19. The smallest absolute Gasteiger partial charge is 0.110 e. The van der Waals surface area contributed by atoms with Gasteiger partial charge in [-0.05, 0) is 12.1 Å². The van der Waals surface area contributed by atoms with E-state index in [1.807, 2.05) is 24.3 Å². The number of para-hydroxylation sites is 2. The first-order valence-electron chi connectivity index (χ1n) is 5.68. The average molecular weight is 252 g/mol. The van der Waals surface area contributed by atoms with E-state index >= 15 is 0 Å². The van der Waals surface area contributed by atoms with Crippen LogP contribution in [0.2, 0.25) is 0 Å². The van der Waals surface area contributed by atoms with Crippen molar-refractivity contribution in [2.45, 2.75) is 24.9 Å². The van der Waals surface area contributed by atoms with Gasteiger partial charge < -0.3 is 25.0 Å². The van der Waals surface area contributed by atoms with Gasteiger partial charge in [-0.3, -0.25) is 0 Å². The fourth-order valence-electron chi connectivity index (χ4n) is 1.83. The Labute approximate surface area is 104 Å². The number of benzene rings is 1. The summed E-state index contributed by atoms with van der Waals surface area (Å²) in [7, 11) is 0. The van der Waals surface area contributed by atoms with Crippen LogP contribution in [-0.2, 0) is 6.54 Å². The molecule has 1 heterocycles. The topological polar surface area (TPSA) is 98.7 Å². The van der Waals surface area contributed by atoms with Crippen LogP contribution >= 0.6 is 0 Å². The summed E-state index contributed by atoms with van der Waals surface area (Å²) in [6.07, 6.45) is -2.36. The van der Waals surface area contributed by atoms with E-state index in [0.29, 0.717) is 0 Å². The third-order valence-electron chi connectivity index (χ3n) is 2.89. The molecule has 3 atom stereocenters. The van der Waals surface area contributed by atoms with E-state index in [0.717, 1.165) is 11.0 Å². The molecule has 6 nitrogen and oxygen atoms in total. The van der Waals surface area contributed by atoms with Crippen molar-refractivity contribution in [2.75, 3.05) is 6.61 Å². The number of hydrogen-bond donors (Lipinski definition) is 4. The third-order valence-corrected chi connectivity index (χ3v) is 2.89. The molecule has 2 rings (SSSR count). The zero-order valence-electron chi connectivity index (χ0n) is 9.72. The summed E-state index contributed by atoms with van der Waals surface area (Å²) in [5.74, 6) is 0. The summed E-state index contributed by atoms with van der Waals surface area (Å²) in [6, 6.07) is 7.41. The molecule has 2 aromatic rings. The third kappa shape index (κ3) is 2.51. The molecular formula is C12H16N2O4. The van der Waals surface area contributed by atoms with Gasteiger partial charge in [-0.2, -0.15) is 0 Å². The van der Waals surface area contributed by atoms with E-state index in [1.54, 1.807) is 10.9 Å². The van der Waals surface area contributed by atoms with Crippen LogP contribution in [0.1, 0.15) is 0 Å². The largest absolute Gasteiger partial charge is 0.394 e. The van der Waals surface area contributed by atoms with Gasteiger partial charge in [0.05, 0.1) is 30.5 Å². The number of aromatic nitrogens is 2. The summed E-state index contributed by atoms with van der Waals surface area (Å²) < 4.78 is 1.69. The first-order chi connectivity index (χ1) is 8.63. The quantitative estimate of drug-likeness (QED) is 0.553. The van der Waals surface area contributed by atoms with Crippen LogP contribution in [-0.4, -0.2) is 54.9 Å². The van der Waals surface area contributed by atoms with Crippen molar-refractivity contribution in [3.05, 3.63) is 30.6 Å². The van der Waals surface area contributed by atoms with E-state index in [9.17, 15) is 15.3 Å². The van der Waals surface area contributed by atoms with Gasteiger partial charge >= 0.3 is 0 Å². The van der Waals surface area contributed by atoms with Crippen molar-refractivity contribution in [3.8, 4) is 0 Å². The lowest BCUT2D eigenvalue weighted by molar-refractivity contribution is -0.0803. The maximum Gasteiger partial charge on any atom is 0.110 e. The fraction of sp³-hybridized carbons (Fsp3) is 0.417. The molecule has 4 N–H and O–H groups in total. The summed E-state index contributed by atoms with van der Waals surface area (Å²) in [5, 5.41) is 37.3. The number of rotatable bonds is 5. The van der Waals surface area contributed by atoms with Crippen molar-refractivity contribution in [1.29, 1.82) is 0 Å². The summed E-state index contributed by atoms with van der Waals surface area (Å²) in [6.45, 7) is -0.498. The molecule has 0 amide bonds. The zero-order valence-corrected chi connectivity index (χ0v) is 9.72. The Bertz CT molecular complexity index is 514. The molecule has 1 aromatic carbocycles. The Balaban J connectivity index is 2.14. The molecule has 98 valence electrons. The highest BCUT2D eigenvalue weighted by Gasteiger charge is 2.24. The van der Waals surface area contributed by atoms with Gasteiger partial charge in [0.2, 0.25) is 0 Å². The number of fused-ring (bicyclic) bond motifs is 1. The van der Waals surface area contributed by atoms with Crippen LogP contribution < -0.4 is 0 Å². The predicted octanol–water partition coefficient (Wildman–Crippen LogP) is -0.889. The molecule has 0 aliphatic carbocycles. The minimum Gasteiger partial charge on any atom is -0.394 e. The standard InChI is InChI=1S/C12H16N2O4/c15-6-11(17)12(18)10(16)5-14-7-13-8-3-1-2-4-9(8)14/h1-4,7,10-12,15-18H,5-6H2. The lowest BCUT2D eigenvalue weighted by Crippen LogP contribution is -2.41. The maximum atomic E-state index is 9.78. The molecule has 3 unspecified atom stereocenters. The van der Waals surface area contributed by atoms with Gasteiger partial charge in [0.25, 0.3) is 0 Å². The molecule has 0 fully saturated rings. The Kier molecular flexibility index (Phi) is 3.93. The van der Waals surface area contributed by atoms with Crippen LogP contribution in [0, 0.1) is 0 Å². The highest BCUT2D eigenvalue weighted by molar-refractivity contribution is 5.74. The molecule has 18 heavy (non-hydrogen) atoms. The number of aliphatic hydroxyl groups is 4. The lowest BCUT2D eigenvalue weighted by atomic mass is 10.1. The highest BCUT2D eigenvalue weighted by atomic mass is 16.4. The highest BCUT2D eigenvalue weighted by Crippen LogP contribution is 2.13. The average Bonchev–Trinajstić information content (AvgIpc) is 2.80. The van der Waals surface area contributed by atoms with Crippen molar-refractivity contribution in [2.24, 2.45) is 0 Å². The van der Waals surface area contributed by atoms with Crippen LogP contribution in [0.3, 0.4) is 0 Å². The number of aliphatic hydroxyl groups excluding tert-OH is 4. The fourth-order valence-corrected chi connectivity index (χ4v) is 1.83. The van der Waals surface area contributed by atoms with Crippen LogP contribution in [0.25, 0.3) is 11.0 Å². The number of nitrogens with zero attached hydrogens (tertiary/aromatic N) is 2. The van der Waals surface area contributed by atoms with Gasteiger partial charge in [0.1, 0.15) is 18.3 Å². The first-order valence-corrected chi connectivity index (χ1v) is 5.68. The molecule has 0 bridgehead atoms. The SMILES string of the molecule is OCC(O)C(O)C(O)Cn1cnc2ccccc21. The Hall–Kier alpha value is -1.47. The Morgan fingerprint density at radius 3 is 2.56 bits per heavy atom. The van der Waals surface area contributed by atoms with E-state index in [1.165, 1.54) is 0 Å². The minimum atomic E-state index is -1.39. The predicted molar refractivity (Wildman–Crippen MR) is 64.8 cm³/mol. The monoisotopic (exact) mass is 252 g/mol. The molecule has 0 saturated carbocycles. The van der Waals surface area contributed by atoms with Gasteiger partial charge in [0.15, 0.2) is 0 Å². The van der Waals surface area contributed by atoms with Crippen molar-refractivity contribution in [1.82, 2.24) is 9.55 Å². The van der Waals surface area contributed by atoms with Crippen LogP contribution in [0.5, 0.6) is 0 Å². The van der Waals surface area contributed by atoms with Crippen molar-refractivity contribution < 1.29 is 20.4 Å². The molecule has 0 radical (unpaired) electrons. The van der Waals surface area contributed by atoms with Crippen LogP contribution in [0.15, 0.2) is 30.6 Å². The summed E-state index contributed by atoms with van der Waals surface area (Å²) >= 11 is 0. The number of hydrogen-bond acceptors (Lipinski definition) is 5. The minimum absolute atomic E-state index is 0.0960. The van der Waals surface area contributed by atoms with Gasteiger partial charge in [0, 0.05) is 0 Å². The number of imidazole rings is 1. The lowest BCUT2D eigenvalue weighted by Gasteiger charge is -2.21. The van der Waals surface area contributed by atoms with E-state index < -0.39 is 24.9 Å². The van der Waals surface area contributed by atoms with E-state index in [-0.39, 0.29) is 6.54 Å². The van der Waals surface area contributed by atoms with E-state index in [4.69, 9.17) is 5.11 Å². The van der Waals surface area contributed by atoms with Crippen molar-refractivity contribution in [3.63, 3.8) is 0 Å². The molecular weight excluding hydrogens is 236 g/mol. The van der Waals surface area contributed by atoms with Crippen molar-refractivity contribution >= 4 is 11.0 Å². The first kappa shape index (κ1) is 13.0. The maximum absolute atomic E-state index is 9.78. The Morgan fingerprint density at radius 1 is 1.11 bits per heavy atom. The zero-order chi connectivity index (χ0) is 13.1.